The van der Waals surface area contributed by atoms with Gasteiger partial charge in [-0.1, -0.05) is 53.0 Å². The van der Waals surface area contributed by atoms with Crippen LogP contribution >= 0.6 is 23.2 Å². The molecule has 0 amide bonds. The molecule has 1 N–H and O–H groups in total. The van der Waals surface area contributed by atoms with Gasteiger partial charge in [0.1, 0.15) is 0 Å². The number of hydrogen-bond donors (Lipinski definition) is 1. The van der Waals surface area contributed by atoms with Crippen molar-refractivity contribution < 1.29 is 0 Å². The quantitative estimate of drug-likeness (QED) is 0.812. The molecule has 1 aliphatic rings. The Morgan fingerprint density at radius 3 is 2.25 bits per heavy atom. The van der Waals surface area contributed by atoms with Crippen molar-refractivity contribution in [2.24, 2.45) is 0 Å². The first-order valence-corrected chi connectivity index (χ1v) is 7.63. The molecule has 0 bridgehead atoms. The summed E-state index contributed by atoms with van der Waals surface area (Å²) in [6, 6.07) is 15.0. The minimum atomic E-state index is 0.415. The molecule has 3 heteroatoms. The highest BCUT2D eigenvalue weighted by molar-refractivity contribution is 6.34. The van der Waals surface area contributed by atoms with Gasteiger partial charge in [-0.05, 0) is 48.6 Å². The Kier molecular flexibility index (Phi) is 4.02. The van der Waals surface area contributed by atoms with Crippen molar-refractivity contribution in [3.63, 3.8) is 0 Å². The Morgan fingerprint density at radius 2 is 1.60 bits per heavy atom. The predicted octanol–water partition coefficient (Wildman–Crippen LogP) is 5.12. The van der Waals surface area contributed by atoms with E-state index in [0.29, 0.717) is 22.0 Å². The molecule has 2 aromatic rings. The number of halogens is 2. The molecule has 2 atom stereocenters. The van der Waals surface area contributed by atoms with Crippen LogP contribution in [0, 0.1) is 6.92 Å². The Morgan fingerprint density at radius 1 is 0.950 bits per heavy atom. The Hall–Kier alpha value is -1.02. The van der Waals surface area contributed by atoms with Crippen LogP contribution in [0.15, 0.2) is 42.5 Å². The van der Waals surface area contributed by atoms with Gasteiger partial charge in [0.15, 0.2) is 0 Å². The summed E-state index contributed by atoms with van der Waals surface area (Å²) >= 11 is 12.2. The van der Waals surface area contributed by atoms with Gasteiger partial charge < -0.3 is 5.32 Å². The van der Waals surface area contributed by atoms with Crippen molar-refractivity contribution in [2.75, 3.05) is 6.54 Å². The van der Waals surface area contributed by atoms with Gasteiger partial charge in [-0.3, -0.25) is 0 Å². The van der Waals surface area contributed by atoms with Crippen molar-refractivity contribution in [1.82, 2.24) is 5.32 Å². The maximum atomic E-state index is 6.09. The average molecular weight is 306 g/mol. The van der Waals surface area contributed by atoms with Crippen LogP contribution in [0.3, 0.4) is 0 Å². The third kappa shape index (κ3) is 3.01. The molecule has 1 saturated heterocycles. The zero-order valence-electron chi connectivity index (χ0n) is 11.4. The predicted molar refractivity (Wildman–Crippen MR) is 85.7 cm³/mol. The van der Waals surface area contributed by atoms with E-state index in [1.807, 2.05) is 12.1 Å². The number of rotatable bonds is 2. The first-order valence-electron chi connectivity index (χ1n) is 6.88. The summed E-state index contributed by atoms with van der Waals surface area (Å²) in [5, 5.41) is 5.02. The summed E-state index contributed by atoms with van der Waals surface area (Å²) in [5.74, 6) is 0.470. The van der Waals surface area contributed by atoms with E-state index in [-0.39, 0.29) is 0 Å². The van der Waals surface area contributed by atoms with Crippen molar-refractivity contribution in [1.29, 1.82) is 0 Å². The van der Waals surface area contributed by atoms with E-state index in [9.17, 15) is 0 Å². The highest BCUT2D eigenvalue weighted by Crippen LogP contribution is 2.35. The van der Waals surface area contributed by atoms with Gasteiger partial charge in [-0.2, -0.15) is 0 Å². The number of benzene rings is 2. The zero-order valence-corrected chi connectivity index (χ0v) is 12.9. The van der Waals surface area contributed by atoms with Crippen molar-refractivity contribution in [2.45, 2.75) is 25.3 Å². The summed E-state index contributed by atoms with van der Waals surface area (Å²) < 4.78 is 0. The van der Waals surface area contributed by atoms with Crippen molar-refractivity contribution >= 4 is 23.2 Å². The summed E-state index contributed by atoms with van der Waals surface area (Å²) in [5.41, 5.74) is 3.88. The highest BCUT2D eigenvalue weighted by atomic mass is 35.5. The summed E-state index contributed by atoms with van der Waals surface area (Å²) in [7, 11) is 0. The first-order chi connectivity index (χ1) is 9.61. The molecule has 0 unspecified atom stereocenters. The van der Waals surface area contributed by atoms with E-state index < -0.39 is 0 Å². The molecular formula is C17H17Cl2N. The van der Waals surface area contributed by atoms with Crippen LogP contribution in [-0.2, 0) is 0 Å². The fraction of sp³-hybridized carbons (Fsp3) is 0.294. The van der Waals surface area contributed by atoms with Crippen molar-refractivity contribution in [3.8, 4) is 0 Å². The minimum Gasteiger partial charge on any atom is -0.309 e. The molecule has 0 radical (unpaired) electrons. The van der Waals surface area contributed by atoms with E-state index in [2.05, 4.69) is 36.5 Å². The van der Waals surface area contributed by atoms with Gasteiger partial charge >= 0.3 is 0 Å². The maximum absolute atomic E-state index is 6.09. The molecule has 0 aromatic heterocycles. The summed E-state index contributed by atoms with van der Waals surface area (Å²) in [6.45, 7) is 3.08. The van der Waals surface area contributed by atoms with Crippen LogP contribution in [0.25, 0.3) is 0 Å². The SMILES string of the molecule is Cc1ccc([C@H]2C[C@@H](c3cc(Cl)cc(Cl)c3)CN2)cc1. The Labute approximate surface area is 129 Å². The third-order valence-electron chi connectivity index (χ3n) is 3.97. The zero-order chi connectivity index (χ0) is 14.1. The lowest BCUT2D eigenvalue weighted by atomic mass is 9.94. The van der Waals surface area contributed by atoms with Crippen molar-refractivity contribution in [3.05, 3.63) is 69.2 Å². The number of nitrogens with one attached hydrogen (secondary N) is 1. The molecule has 1 heterocycles. The lowest BCUT2D eigenvalue weighted by Gasteiger charge is -2.12. The number of hydrogen-bond acceptors (Lipinski definition) is 1. The smallest absolute Gasteiger partial charge is 0.0423 e. The molecular weight excluding hydrogens is 289 g/mol. The summed E-state index contributed by atoms with van der Waals surface area (Å²) in [4.78, 5) is 0. The van der Waals surface area contributed by atoms with E-state index in [1.165, 1.54) is 16.7 Å². The van der Waals surface area contributed by atoms with Crippen LogP contribution in [0.4, 0.5) is 0 Å². The third-order valence-corrected chi connectivity index (χ3v) is 4.40. The monoisotopic (exact) mass is 305 g/mol. The van der Waals surface area contributed by atoms with E-state index in [4.69, 9.17) is 23.2 Å². The van der Waals surface area contributed by atoms with E-state index in [0.717, 1.165) is 13.0 Å². The standard InChI is InChI=1S/C17H17Cl2N/c1-11-2-4-12(5-3-11)17-8-14(10-20-17)13-6-15(18)9-16(19)7-13/h2-7,9,14,17,20H,8,10H2,1H3/t14-,17-/m1/s1. The van der Waals surface area contributed by atoms with E-state index >= 15 is 0 Å². The van der Waals surface area contributed by atoms with Gasteiger partial charge in [0.25, 0.3) is 0 Å². The van der Waals surface area contributed by atoms with Crippen LogP contribution in [0.2, 0.25) is 10.0 Å². The van der Waals surface area contributed by atoms with Gasteiger partial charge in [0.2, 0.25) is 0 Å². The molecule has 1 aliphatic heterocycles. The minimum absolute atomic E-state index is 0.415. The second kappa shape index (κ2) is 5.77. The molecule has 0 spiro atoms. The lowest BCUT2D eigenvalue weighted by molar-refractivity contribution is 0.641. The average Bonchev–Trinajstić information content (AvgIpc) is 2.88. The largest absolute Gasteiger partial charge is 0.309 e. The van der Waals surface area contributed by atoms with E-state index in [1.54, 1.807) is 6.07 Å². The van der Waals surface area contributed by atoms with Gasteiger partial charge in [-0.25, -0.2) is 0 Å². The molecule has 1 fully saturated rings. The topological polar surface area (TPSA) is 12.0 Å². The summed E-state index contributed by atoms with van der Waals surface area (Å²) in [6.07, 6.45) is 1.08. The fourth-order valence-corrected chi connectivity index (χ4v) is 3.40. The molecule has 0 aliphatic carbocycles. The number of aryl methyl sites for hydroxylation is 1. The van der Waals surface area contributed by atoms with Crippen LogP contribution in [0.5, 0.6) is 0 Å². The van der Waals surface area contributed by atoms with Crippen LogP contribution in [-0.4, -0.2) is 6.54 Å². The lowest BCUT2D eigenvalue weighted by Crippen LogP contribution is -2.13. The highest BCUT2D eigenvalue weighted by Gasteiger charge is 2.26. The molecule has 104 valence electrons. The molecule has 1 nitrogen and oxygen atoms in total. The molecule has 3 rings (SSSR count). The normalized spacial score (nSPS) is 22.1. The molecule has 2 aromatic carbocycles. The second-order valence-corrected chi connectivity index (χ2v) is 6.38. The Bertz CT molecular complexity index is 587. The van der Waals surface area contributed by atoms with Crippen LogP contribution in [0.1, 0.15) is 35.1 Å². The van der Waals surface area contributed by atoms with Gasteiger partial charge in [-0.15, -0.1) is 0 Å². The second-order valence-electron chi connectivity index (χ2n) is 5.51. The first kappa shape index (κ1) is 13.9. The van der Waals surface area contributed by atoms with Crippen LogP contribution < -0.4 is 5.32 Å². The maximum Gasteiger partial charge on any atom is 0.0423 e. The van der Waals surface area contributed by atoms with Gasteiger partial charge in [0.05, 0.1) is 0 Å². The van der Waals surface area contributed by atoms with Gasteiger partial charge in [0, 0.05) is 22.6 Å². The molecule has 20 heavy (non-hydrogen) atoms. The molecule has 0 saturated carbocycles. The Balaban J connectivity index is 1.77. The fourth-order valence-electron chi connectivity index (χ4n) is 2.85.